The summed E-state index contributed by atoms with van der Waals surface area (Å²) in [5.41, 5.74) is 2.01. The number of nitrogens with one attached hydrogen (secondary N) is 4. The number of hydrogen-bond donors (Lipinski definition) is 4. The van der Waals surface area contributed by atoms with E-state index in [9.17, 15) is 9.59 Å². The third kappa shape index (κ3) is 5.99. The van der Waals surface area contributed by atoms with E-state index in [2.05, 4.69) is 48.6 Å². The average molecular weight is 481 g/mol. The minimum absolute atomic E-state index is 0.0177. The first kappa shape index (κ1) is 24.3. The third-order valence-electron chi connectivity index (χ3n) is 6.27. The van der Waals surface area contributed by atoms with Crippen molar-refractivity contribution in [1.29, 1.82) is 0 Å². The smallest absolute Gasteiger partial charge is 0.268 e. The molecule has 2 heterocycles. The minimum Gasteiger partial charge on any atom is -0.351 e. The van der Waals surface area contributed by atoms with Crippen LogP contribution in [-0.2, 0) is 11.2 Å². The highest BCUT2D eigenvalue weighted by Gasteiger charge is 2.39. The maximum absolute atomic E-state index is 13.4. The fourth-order valence-corrected chi connectivity index (χ4v) is 5.43. The second kappa shape index (κ2) is 9.43. The number of piperidine rings is 1. The number of carbonyl (C=O) groups excluding carboxylic acids is 2. The van der Waals surface area contributed by atoms with Crippen LogP contribution in [-0.4, -0.2) is 40.0 Å². The van der Waals surface area contributed by atoms with Gasteiger partial charge in [-0.15, -0.1) is 0 Å². The molecule has 4 N–H and O–H groups in total. The second-order valence-electron chi connectivity index (χ2n) is 10.6. The van der Waals surface area contributed by atoms with Gasteiger partial charge in [0.05, 0.1) is 0 Å². The summed E-state index contributed by atoms with van der Waals surface area (Å²) in [6.07, 6.45) is 2.04. The van der Waals surface area contributed by atoms with Gasteiger partial charge in [-0.25, -0.2) is 0 Å². The number of rotatable bonds is 6. The number of carbonyl (C=O) groups is 2. The van der Waals surface area contributed by atoms with Crippen LogP contribution in [0.3, 0.4) is 0 Å². The fourth-order valence-electron chi connectivity index (χ4n) is 5.25. The first-order valence-electron chi connectivity index (χ1n) is 11.7. The van der Waals surface area contributed by atoms with Crippen LogP contribution in [0.2, 0.25) is 5.02 Å². The van der Waals surface area contributed by atoms with Crippen molar-refractivity contribution >= 4 is 34.3 Å². The Morgan fingerprint density at radius 2 is 1.71 bits per heavy atom. The van der Waals surface area contributed by atoms with Crippen LogP contribution in [0.5, 0.6) is 0 Å². The quantitative estimate of drug-likeness (QED) is 0.416. The van der Waals surface area contributed by atoms with Crippen molar-refractivity contribution in [2.24, 2.45) is 0 Å². The van der Waals surface area contributed by atoms with E-state index in [1.54, 1.807) is 18.2 Å². The molecule has 1 aliphatic heterocycles. The van der Waals surface area contributed by atoms with E-state index in [4.69, 9.17) is 11.6 Å². The van der Waals surface area contributed by atoms with Crippen LogP contribution in [0, 0.1) is 0 Å². The molecule has 180 valence electrons. The lowest BCUT2D eigenvalue weighted by Gasteiger charge is -2.46. The molecule has 0 saturated carbocycles. The van der Waals surface area contributed by atoms with Crippen molar-refractivity contribution in [3.05, 3.63) is 70.9 Å². The van der Waals surface area contributed by atoms with E-state index >= 15 is 0 Å². The largest absolute Gasteiger partial charge is 0.351 e. The highest BCUT2D eigenvalue weighted by Crippen LogP contribution is 2.28. The Morgan fingerprint density at radius 1 is 1.03 bits per heavy atom. The van der Waals surface area contributed by atoms with Crippen molar-refractivity contribution in [1.82, 2.24) is 20.9 Å². The Kier molecular flexibility index (Phi) is 6.74. The fraction of sp³-hybridized carbons (Fsp3) is 0.407. The lowest BCUT2D eigenvalue weighted by molar-refractivity contribution is -0.124. The van der Waals surface area contributed by atoms with Crippen molar-refractivity contribution in [2.75, 3.05) is 0 Å². The lowest BCUT2D eigenvalue weighted by Crippen LogP contribution is -2.63. The Balaban J connectivity index is 1.53. The number of fused-ring (bicyclic) bond motifs is 1. The SMILES string of the molecule is CC1(C)CC(NC(=O)C(Cc2ccccc2)NC(=O)c2cc3cc(Cl)ccc3[nH]2)CC(C)(C)N1. The maximum atomic E-state index is 13.4. The van der Waals surface area contributed by atoms with E-state index in [0.29, 0.717) is 17.1 Å². The molecule has 4 rings (SSSR count). The summed E-state index contributed by atoms with van der Waals surface area (Å²) in [6, 6.07) is 16.2. The Morgan fingerprint density at radius 3 is 2.38 bits per heavy atom. The third-order valence-corrected chi connectivity index (χ3v) is 6.50. The molecule has 34 heavy (non-hydrogen) atoms. The predicted octanol–water partition coefficient (Wildman–Crippen LogP) is 4.59. The van der Waals surface area contributed by atoms with Gasteiger partial charge in [-0.3, -0.25) is 9.59 Å². The summed E-state index contributed by atoms with van der Waals surface area (Å²) in [5.74, 6) is -0.496. The molecular weight excluding hydrogens is 448 g/mol. The van der Waals surface area contributed by atoms with E-state index in [0.717, 1.165) is 29.3 Å². The highest BCUT2D eigenvalue weighted by atomic mass is 35.5. The van der Waals surface area contributed by atoms with Crippen LogP contribution in [0.15, 0.2) is 54.6 Å². The number of hydrogen-bond acceptors (Lipinski definition) is 3. The first-order chi connectivity index (χ1) is 16.0. The molecule has 3 aromatic rings. The van der Waals surface area contributed by atoms with Gasteiger partial charge in [-0.05, 0) is 70.4 Å². The van der Waals surface area contributed by atoms with Gasteiger partial charge in [-0.1, -0.05) is 41.9 Å². The number of benzene rings is 2. The second-order valence-corrected chi connectivity index (χ2v) is 11.1. The summed E-state index contributed by atoms with van der Waals surface area (Å²) in [5, 5.41) is 11.3. The van der Waals surface area contributed by atoms with Crippen LogP contribution in [0.4, 0.5) is 0 Å². The molecule has 0 aliphatic carbocycles. The summed E-state index contributed by atoms with van der Waals surface area (Å²) in [4.78, 5) is 29.7. The molecule has 0 bridgehead atoms. The molecule has 6 nitrogen and oxygen atoms in total. The van der Waals surface area contributed by atoms with Gasteiger partial charge < -0.3 is 20.9 Å². The average Bonchev–Trinajstić information content (AvgIpc) is 3.15. The number of amides is 2. The molecule has 1 fully saturated rings. The van der Waals surface area contributed by atoms with E-state index < -0.39 is 6.04 Å². The number of H-pyrrole nitrogens is 1. The molecular formula is C27H33ClN4O2. The molecule has 0 radical (unpaired) electrons. The highest BCUT2D eigenvalue weighted by molar-refractivity contribution is 6.31. The number of aromatic amines is 1. The summed E-state index contributed by atoms with van der Waals surface area (Å²) in [6.45, 7) is 8.60. The van der Waals surface area contributed by atoms with Crippen LogP contribution >= 0.6 is 11.6 Å². The number of halogens is 1. The summed E-state index contributed by atoms with van der Waals surface area (Å²) >= 11 is 6.08. The summed E-state index contributed by atoms with van der Waals surface area (Å²) in [7, 11) is 0. The topological polar surface area (TPSA) is 86.0 Å². The monoisotopic (exact) mass is 480 g/mol. The molecule has 0 spiro atoms. The predicted molar refractivity (Wildman–Crippen MR) is 137 cm³/mol. The first-order valence-corrected chi connectivity index (χ1v) is 12.1. The van der Waals surface area contributed by atoms with Gasteiger partial charge in [0.2, 0.25) is 5.91 Å². The molecule has 1 unspecified atom stereocenters. The Bertz CT molecular complexity index is 1170. The summed E-state index contributed by atoms with van der Waals surface area (Å²) < 4.78 is 0. The van der Waals surface area contributed by atoms with Crippen molar-refractivity contribution in [3.8, 4) is 0 Å². The van der Waals surface area contributed by atoms with Gasteiger partial charge in [0, 0.05) is 39.5 Å². The van der Waals surface area contributed by atoms with Crippen LogP contribution in [0.1, 0.15) is 56.6 Å². The zero-order valence-electron chi connectivity index (χ0n) is 20.2. The normalized spacial score (nSPS) is 18.4. The van der Waals surface area contributed by atoms with Crippen molar-refractivity contribution < 1.29 is 9.59 Å². The van der Waals surface area contributed by atoms with Gasteiger partial charge in [0.15, 0.2) is 0 Å². The molecule has 1 aliphatic rings. The molecule has 1 atom stereocenters. The molecule has 7 heteroatoms. The molecule has 2 aromatic carbocycles. The van der Waals surface area contributed by atoms with Gasteiger partial charge in [0.25, 0.3) is 5.91 Å². The van der Waals surface area contributed by atoms with E-state index in [1.807, 2.05) is 36.4 Å². The standard InChI is InChI=1S/C27H33ClN4O2/c1-26(2)15-20(16-27(3,4)32-26)29-24(33)22(12-17-8-6-5-7-9-17)31-25(34)23-14-18-13-19(28)10-11-21(18)30-23/h5-11,13-14,20,22,30,32H,12,15-16H2,1-4H3,(H,29,33)(H,31,34). The van der Waals surface area contributed by atoms with Crippen LogP contribution in [0.25, 0.3) is 10.9 Å². The van der Waals surface area contributed by atoms with Gasteiger partial charge in [0.1, 0.15) is 11.7 Å². The van der Waals surface area contributed by atoms with E-state index in [-0.39, 0.29) is 28.9 Å². The van der Waals surface area contributed by atoms with Crippen molar-refractivity contribution in [3.63, 3.8) is 0 Å². The Labute approximate surface area is 205 Å². The molecule has 1 aromatic heterocycles. The van der Waals surface area contributed by atoms with Crippen LogP contribution < -0.4 is 16.0 Å². The van der Waals surface area contributed by atoms with Gasteiger partial charge in [-0.2, -0.15) is 0 Å². The molecule has 2 amide bonds. The Hall–Kier alpha value is -2.83. The molecule has 1 saturated heterocycles. The lowest BCUT2D eigenvalue weighted by atomic mass is 9.79. The zero-order chi connectivity index (χ0) is 24.5. The zero-order valence-corrected chi connectivity index (χ0v) is 20.9. The van der Waals surface area contributed by atoms with Gasteiger partial charge >= 0.3 is 0 Å². The van der Waals surface area contributed by atoms with E-state index in [1.165, 1.54) is 0 Å². The minimum atomic E-state index is -0.703. The maximum Gasteiger partial charge on any atom is 0.268 e. The number of aromatic nitrogens is 1. The van der Waals surface area contributed by atoms with Crippen molar-refractivity contribution in [2.45, 2.75) is 70.1 Å².